The lowest BCUT2D eigenvalue weighted by Gasteiger charge is -2.18. The van der Waals surface area contributed by atoms with E-state index in [2.05, 4.69) is 57.2 Å². The summed E-state index contributed by atoms with van der Waals surface area (Å²) in [5.41, 5.74) is 7.77. The third kappa shape index (κ3) is 7.69. The fraction of sp³-hybridized carbons (Fsp3) is 0.333. The van der Waals surface area contributed by atoms with E-state index in [-0.39, 0.29) is 0 Å². The molecule has 0 spiro atoms. The molecule has 0 bridgehead atoms. The number of hydrogen-bond donors (Lipinski definition) is 0. The van der Waals surface area contributed by atoms with Gasteiger partial charge in [0.05, 0.1) is 6.61 Å². The Kier molecular flexibility index (Phi) is 9.42. The van der Waals surface area contributed by atoms with E-state index in [0.717, 1.165) is 53.9 Å². The van der Waals surface area contributed by atoms with Gasteiger partial charge in [-0.25, -0.2) is 0 Å². The van der Waals surface area contributed by atoms with Gasteiger partial charge in [0.15, 0.2) is 23.0 Å². The van der Waals surface area contributed by atoms with E-state index >= 15 is 0 Å². The van der Waals surface area contributed by atoms with Gasteiger partial charge in [0, 0.05) is 12.8 Å². The molecule has 0 saturated carbocycles. The molecular weight excluding hydrogens is 528 g/mol. The summed E-state index contributed by atoms with van der Waals surface area (Å²) in [5, 5.41) is 0. The van der Waals surface area contributed by atoms with Crippen LogP contribution in [0.1, 0.15) is 40.3 Å². The predicted octanol–water partition coefficient (Wildman–Crippen LogP) is 7.74. The number of hydrogen-bond acceptors (Lipinski definition) is 6. The van der Waals surface area contributed by atoms with Crippen molar-refractivity contribution in [1.82, 2.24) is 0 Å². The molecule has 6 nitrogen and oxygen atoms in total. The second-order valence-corrected chi connectivity index (χ2v) is 11.0. The van der Waals surface area contributed by atoms with E-state index in [1.54, 1.807) is 0 Å². The van der Waals surface area contributed by atoms with Crippen LogP contribution in [0.2, 0.25) is 0 Å². The molecule has 0 saturated heterocycles. The third-order valence-electron chi connectivity index (χ3n) is 7.12. The van der Waals surface area contributed by atoms with E-state index in [4.69, 9.17) is 28.4 Å². The molecule has 0 aliphatic carbocycles. The van der Waals surface area contributed by atoms with Crippen molar-refractivity contribution in [1.29, 1.82) is 0 Å². The first-order valence-corrected chi connectivity index (χ1v) is 14.5. The standard InChI is InChI=1S/C10H12O.C9H10O2.C9H10O.C8H8O2/c1-7-3-4-10-9(5-7)6-8(2)11-10;1-7-2-3-8-9(6-7)11-5-4-10-8;1-7-2-3-9-8(6-7)4-5-10-9;1-6-2-3-7-8(4-6)10-5-9-7/h3-5,8H,6H2,1-2H3;2-3,6H,4-5H2,1H3;2-3,6H,4-5H2,1H3;2-4H,5H2,1H3. The molecule has 0 radical (unpaired) electrons. The van der Waals surface area contributed by atoms with Crippen LogP contribution in [0, 0.1) is 27.7 Å². The molecule has 4 aliphatic rings. The molecule has 4 aliphatic heterocycles. The van der Waals surface area contributed by atoms with Crippen molar-refractivity contribution in [3.8, 4) is 34.5 Å². The Morgan fingerprint density at radius 3 is 1.64 bits per heavy atom. The van der Waals surface area contributed by atoms with Gasteiger partial charge in [-0.15, -0.1) is 0 Å². The number of rotatable bonds is 0. The summed E-state index contributed by atoms with van der Waals surface area (Å²) in [7, 11) is 0. The molecule has 4 aromatic carbocycles. The van der Waals surface area contributed by atoms with Gasteiger partial charge in [0.1, 0.15) is 30.8 Å². The fourth-order valence-electron chi connectivity index (χ4n) is 5.02. The van der Waals surface area contributed by atoms with E-state index in [0.29, 0.717) is 26.1 Å². The van der Waals surface area contributed by atoms with Crippen LogP contribution in [-0.4, -0.2) is 32.7 Å². The van der Waals surface area contributed by atoms with Gasteiger partial charge in [-0.3, -0.25) is 0 Å². The highest BCUT2D eigenvalue weighted by molar-refractivity contribution is 5.45. The topological polar surface area (TPSA) is 55.4 Å². The van der Waals surface area contributed by atoms with Crippen LogP contribution >= 0.6 is 0 Å². The van der Waals surface area contributed by atoms with Crippen molar-refractivity contribution >= 4 is 0 Å². The molecule has 4 aromatic rings. The number of fused-ring (bicyclic) bond motifs is 4. The monoisotopic (exact) mass is 568 g/mol. The number of aryl methyl sites for hydroxylation is 4. The lowest BCUT2D eigenvalue weighted by atomic mass is 10.1. The lowest BCUT2D eigenvalue weighted by Crippen LogP contribution is -2.15. The van der Waals surface area contributed by atoms with Gasteiger partial charge in [-0.2, -0.15) is 0 Å². The average molecular weight is 569 g/mol. The van der Waals surface area contributed by atoms with Gasteiger partial charge in [-0.1, -0.05) is 47.5 Å². The van der Waals surface area contributed by atoms with Crippen LogP contribution in [0.25, 0.3) is 0 Å². The van der Waals surface area contributed by atoms with Crippen molar-refractivity contribution in [2.75, 3.05) is 26.6 Å². The van der Waals surface area contributed by atoms with Crippen LogP contribution < -0.4 is 28.4 Å². The van der Waals surface area contributed by atoms with E-state index in [1.165, 1.54) is 33.4 Å². The van der Waals surface area contributed by atoms with E-state index < -0.39 is 0 Å². The fourth-order valence-corrected chi connectivity index (χ4v) is 5.02. The Balaban J connectivity index is 0.000000112. The largest absolute Gasteiger partial charge is 0.493 e. The van der Waals surface area contributed by atoms with Gasteiger partial charge in [0.2, 0.25) is 6.79 Å². The predicted molar refractivity (Wildman–Crippen MR) is 165 cm³/mol. The van der Waals surface area contributed by atoms with Gasteiger partial charge in [-0.05, 0) is 93.3 Å². The first-order valence-electron chi connectivity index (χ1n) is 14.5. The quantitative estimate of drug-likeness (QED) is 0.216. The summed E-state index contributed by atoms with van der Waals surface area (Å²) >= 11 is 0. The highest BCUT2D eigenvalue weighted by atomic mass is 16.7. The normalized spacial score (nSPS) is 16.1. The van der Waals surface area contributed by atoms with Crippen molar-refractivity contribution in [2.24, 2.45) is 0 Å². The number of ether oxygens (including phenoxy) is 6. The Morgan fingerprint density at radius 2 is 0.952 bits per heavy atom. The Bertz CT molecular complexity index is 1460. The van der Waals surface area contributed by atoms with E-state index in [9.17, 15) is 0 Å². The molecule has 4 heterocycles. The summed E-state index contributed by atoms with van der Waals surface area (Å²) < 4.78 is 31.9. The second kappa shape index (κ2) is 13.6. The van der Waals surface area contributed by atoms with Crippen molar-refractivity contribution in [3.63, 3.8) is 0 Å². The highest BCUT2D eigenvalue weighted by Gasteiger charge is 2.18. The summed E-state index contributed by atoms with van der Waals surface area (Å²) in [6.45, 7) is 12.9. The van der Waals surface area contributed by atoms with Crippen LogP contribution in [0.3, 0.4) is 0 Å². The molecule has 1 atom stereocenters. The van der Waals surface area contributed by atoms with Crippen LogP contribution in [-0.2, 0) is 12.8 Å². The first-order chi connectivity index (χ1) is 20.3. The van der Waals surface area contributed by atoms with Crippen molar-refractivity contribution in [3.05, 3.63) is 106 Å². The maximum Gasteiger partial charge on any atom is 0.231 e. The van der Waals surface area contributed by atoms with Gasteiger partial charge in [0.25, 0.3) is 0 Å². The van der Waals surface area contributed by atoms with Crippen LogP contribution in [0.4, 0.5) is 0 Å². The lowest BCUT2D eigenvalue weighted by molar-refractivity contribution is 0.171. The molecule has 1 unspecified atom stereocenters. The van der Waals surface area contributed by atoms with Gasteiger partial charge >= 0.3 is 0 Å². The number of benzene rings is 4. The Morgan fingerprint density at radius 1 is 0.476 bits per heavy atom. The molecule has 6 heteroatoms. The highest BCUT2D eigenvalue weighted by Crippen LogP contribution is 2.32. The first kappa shape index (κ1) is 29.2. The van der Waals surface area contributed by atoms with E-state index in [1.807, 2.05) is 50.2 Å². The maximum absolute atomic E-state index is 5.56. The van der Waals surface area contributed by atoms with Gasteiger partial charge < -0.3 is 28.4 Å². The summed E-state index contributed by atoms with van der Waals surface area (Å²) in [4.78, 5) is 0. The summed E-state index contributed by atoms with van der Waals surface area (Å²) in [6.07, 6.45) is 2.51. The smallest absolute Gasteiger partial charge is 0.231 e. The minimum Gasteiger partial charge on any atom is -0.493 e. The molecule has 0 aromatic heterocycles. The SMILES string of the molecule is Cc1ccc2c(c1)CC(C)O2.Cc1ccc2c(c1)CCO2.Cc1ccc2c(c1)OCCO2.Cc1ccc2c(c1)OCO2. The van der Waals surface area contributed by atoms with Crippen molar-refractivity contribution < 1.29 is 28.4 Å². The van der Waals surface area contributed by atoms with Crippen molar-refractivity contribution in [2.45, 2.75) is 53.6 Å². The zero-order valence-corrected chi connectivity index (χ0v) is 25.2. The molecular formula is C36H40O6. The Hall–Kier alpha value is -4.32. The molecule has 0 amide bonds. The van der Waals surface area contributed by atoms with Crippen LogP contribution in [0.15, 0.2) is 72.8 Å². The zero-order chi connectivity index (χ0) is 29.5. The minimum absolute atomic E-state index is 0.360. The summed E-state index contributed by atoms with van der Waals surface area (Å²) in [5.74, 6) is 5.59. The Labute approximate surface area is 249 Å². The van der Waals surface area contributed by atoms with Crippen LogP contribution in [0.5, 0.6) is 34.5 Å². The third-order valence-corrected chi connectivity index (χ3v) is 7.12. The molecule has 0 fully saturated rings. The average Bonchev–Trinajstić information content (AvgIpc) is 3.72. The second-order valence-electron chi connectivity index (χ2n) is 11.0. The maximum atomic E-state index is 5.56. The minimum atomic E-state index is 0.360. The molecule has 220 valence electrons. The molecule has 0 N–H and O–H groups in total. The molecule has 42 heavy (non-hydrogen) atoms. The summed E-state index contributed by atoms with van der Waals surface area (Å²) in [6, 6.07) is 24.6. The zero-order valence-electron chi connectivity index (χ0n) is 25.2. The molecule has 8 rings (SSSR count).